The summed E-state index contributed by atoms with van der Waals surface area (Å²) in [6, 6.07) is 10.4. The van der Waals surface area contributed by atoms with Gasteiger partial charge < -0.3 is 9.47 Å². The molecule has 1 aliphatic heterocycles. The lowest BCUT2D eigenvalue weighted by atomic mass is 10.1. The number of alkyl halides is 1. The summed E-state index contributed by atoms with van der Waals surface area (Å²) in [5, 5.41) is 0. The second kappa shape index (κ2) is 5.27. The summed E-state index contributed by atoms with van der Waals surface area (Å²) in [6.07, 6.45) is 0.994. The van der Waals surface area contributed by atoms with E-state index in [1.54, 1.807) is 0 Å². The molecule has 0 aliphatic carbocycles. The molecule has 3 heteroatoms. The van der Waals surface area contributed by atoms with Gasteiger partial charge in [0, 0.05) is 0 Å². The van der Waals surface area contributed by atoms with Crippen LogP contribution in [0.4, 0.5) is 0 Å². The van der Waals surface area contributed by atoms with E-state index >= 15 is 0 Å². The predicted octanol–water partition coefficient (Wildman–Crippen LogP) is 2.45. The molecule has 1 aromatic carbocycles. The van der Waals surface area contributed by atoms with Crippen molar-refractivity contribution in [2.75, 3.05) is 26.4 Å². The number of ether oxygens (including phenoxy) is 2. The molecule has 0 aromatic heterocycles. The zero-order valence-corrected chi connectivity index (χ0v) is 10.8. The lowest BCUT2D eigenvalue weighted by Crippen LogP contribution is -2.47. The molecule has 1 aliphatic rings. The van der Waals surface area contributed by atoms with Crippen molar-refractivity contribution in [2.45, 2.75) is 9.84 Å². The fraction of sp³-hybridized carbons (Fsp3) is 0.500. The van der Waals surface area contributed by atoms with Crippen LogP contribution in [0.3, 0.4) is 0 Å². The van der Waals surface area contributed by atoms with Gasteiger partial charge in [-0.15, -0.1) is 0 Å². The lowest BCUT2D eigenvalue weighted by molar-refractivity contribution is -0.0397. The zero-order valence-electron chi connectivity index (χ0n) is 8.62. The van der Waals surface area contributed by atoms with Crippen LogP contribution in [-0.2, 0) is 15.9 Å². The molecule has 0 saturated carbocycles. The smallest absolute Gasteiger partial charge is 0.0920 e. The third-order valence-electron chi connectivity index (χ3n) is 2.46. The molecule has 0 N–H and O–H groups in total. The minimum Gasteiger partial charge on any atom is -0.380 e. The van der Waals surface area contributed by atoms with Crippen LogP contribution >= 0.6 is 22.6 Å². The van der Waals surface area contributed by atoms with E-state index in [9.17, 15) is 0 Å². The average molecular weight is 318 g/mol. The molecule has 0 amide bonds. The van der Waals surface area contributed by atoms with Gasteiger partial charge in [0.05, 0.1) is 29.8 Å². The van der Waals surface area contributed by atoms with Crippen molar-refractivity contribution in [1.29, 1.82) is 0 Å². The molecule has 0 bridgehead atoms. The van der Waals surface area contributed by atoms with Crippen LogP contribution < -0.4 is 0 Å². The first-order valence-corrected chi connectivity index (χ1v) is 6.25. The van der Waals surface area contributed by atoms with Gasteiger partial charge in [0.15, 0.2) is 0 Å². The highest BCUT2D eigenvalue weighted by atomic mass is 127. The summed E-state index contributed by atoms with van der Waals surface area (Å²) in [4.78, 5) is 0. The minimum atomic E-state index is 0.244. The molecule has 1 saturated heterocycles. The summed E-state index contributed by atoms with van der Waals surface area (Å²) in [5.74, 6) is 0. The SMILES string of the molecule is IC1(COCCc2ccccc2)COC1. The first kappa shape index (κ1) is 11.4. The molecular formula is C12H15IO2. The normalized spacial score (nSPS) is 18.5. The van der Waals surface area contributed by atoms with Gasteiger partial charge in [0.1, 0.15) is 0 Å². The maximum Gasteiger partial charge on any atom is 0.0920 e. The van der Waals surface area contributed by atoms with Crippen LogP contribution in [0.5, 0.6) is 0 Å². The lowest BCUT2D eigenvalue weighted by Gasteiger charge is -2.35. The molecule has 1 heterocycles. The van der Waals surface area contributed by atoms with E-state index in [-0.39, 0.29) is 3.42 Å². The molecule has 0 radical (unpaired) electrons. The molecule has 1 aromatic rings. The number of benzene rings is 1. The summed E-state index contributed by atoms with van der Waals surface area (Å²) < 4.78 is 11.1. The van der Waals surface area contributed by atoms with Crippen molar-refractivity contribution in [3.63, 3.8) is 0 Å². The zero-order chi connectivity index (χ0) is 10.6. The topological polar surface area (TPSA) is 18.5 Å². The number of hydrogen-bond acceptors (Lipinski definition) is 2. The van der Waals surface area contributed by atoms with Crippen molar-refractivity contribution >= 4 is 22.6 Å². The van der Waals surface area contributed by atoms with Gasteiger partial charge in [-0.1, -0.05) is 52.9 Å². The van der Waals surface area contributed by atoms with Crippen LogP contribution in [0.15, 0.2) is 30.3 Å². The molecule has 2 rings (SSSR count). The Hall–Kier alpha value is -0.130. The third kappa shape index (κ3) is 3.43. The Morgan fingerprint density at radius 3 is 2.60 bits per heavy atom. The number of hydrogen-bond donors (Lipinski definition) is 0. The van der Waals surface area contributed by atoms with E-state index in [2.05, 4.69) is 46.9 Å². The minimum absolute atomic E-state index is 0.244. The van der Waals surface area contributed by atoms with Crippen molar-refractivity contribution in [2.24, 2.45) is 0 Å². The summed E-state index contributed by atoms with van der Waals surface area (Å²) in [6.45, 7) is 3.27. The molecule has 1 fully saturated rings. The van der Waals surface area contributed by atoms with E-state index in [1.807, 2.05) is 6.07 Å². The molecular weight excluding hydrogens is 303 g/mol. The van der Waals surface area contributed by atoms with Gasteiger partial charge in [-0.3, -0.25) is 0 Å². The quantitative estimate of drug-likeness (QED) is 0.472. The maximum atomic E-state index is 5.66. The average Bonchev–Trinajstić information content (AvgIpc) is 2.23. The van der Waals surface area contributed by atoms with Gasteiger partial charge in [0.25, 0.3) is 0 Å². The van der Waals surface area contributed by atoms with Crippen LogP contribution in [-0.4, -0.2) is 29.8 Å². The fourth-order valence-corrected chi connectivity index (χ4v) is 2.16. The highest BCUT2D eigenvalue weighted by Crippen LogP contribution is 2.28. The Morgan fingerprint density at radius 2 is 2.00 bits per heavy atom. The van der Waals surface area contributed by atoms with Crippen LogP contribution in [0.1, 0.15) is 5.56 Å². The molecule has 2 nitrogen and oxygen atoms in total. The second-order valence-electron chi connectivity index (χ2n) is 3.93. The van der Waals surface area contributed by atoms with Crippen LogP contribution in [0.2, 0.25) is 0 Å². The summed E-state index contributed by atoms with van der Waals surface area (Å²) in [7, 11) is 0. The molecule has 82 valence electrons. The van der Waals surface area contributed by atoms with Crippen molar-refractivity contribution in [1.82, 2.24) is 0 Å². The van der Waals surface area contributed by atoms with E-state index in [1.165, 1.54) is 5.56 Å². The first-order valence-electron chi connectivity index (χ1n) is 5.17. The van der Waals surface area contributed by atoms with E-state index in [0.29, 0.717) is 0 Å². The van der Waals surface area contributed by atoms with Crippen LogP contribution in [0.25, 0.3) is 0 Å². The van der Waals surface area contributed by atoms with Crippen LogP contribution in [0, 0.1) is 0 Å². The van der Waals surface area contributed by atoms with Crippen molar-refractivity contribution < 1.29 is 9.47 Å². The Morgan fingerprint density at radius 1 is 1.27 bits per heavy atom. The number of halogens is 1. The second-order valence-corrected chi connectivity index (χ2v) is 6.22. The summed E-state index contributed by atoms with van der Waals surface area (Å²) >= 11 is 2.43. The van der Waals surface area contributed by atoms with Gasteiger partial charge in [-0.05, 0) is 12.0 Å². The third-order valence-corrected chi connectivity index (χ3v) is 3.39. The van der Waals surface area contributed by atoms with E-state index in [4.69, 9.17) is 9.47 Å². The Bertz CT molecular complexity index is 296. The highest BCUT2D eigenvalue weighted by molar-refractivity contribution is 14.1. The Labute approximate surface area is 104 Å². The van der Waals surface area contributed by atoms with Crippen molar-refractivity contribution in [3.8, 4) is 0 Å². The van der Waals surface area contributed by atoms with E-state index in [0.717, 1.165) is 32.8 Å². The largest absolute Gasteiger partial charge is 0.380 e. The fourth-order valence-electron chi connectivity index (χ4n) is 1.50. The van der Waals surface area contributed by atoms with Gasteiger partial charge >= 0.3 is 0 Å². The van der Waals surface area contributed by atoms with Gasteiger partial charge in [-0.2, -0.15) is 0 Å². The Balaban J connectivity index is 1.63. The highest BCUT2D eigenvalue weighted by Gasteiger charge is 2.35. The molecule has 15 heavy (non-hydrogen) atoms. The monoisotopic (exact) mass is 318 g/mol. The van der Waals surface area contributed by atoms with Gasteiger partial charge in [-0.25, -0.2) is 0 Å². The predicted molar refractivity (Wildman–Crippen MR) is 68.5 cm³/mol. The molecule has 0 spiro atoms. The molecule has 0 atom stereocenters. The maximum absolute atomic E-state index is 5.66. The van der Waals surface area contributed by atoms with E-state index < -0.39 is 0 Å². The van der Waals surface area contributed by atoms with Crippen molar-refractivity contribution in [3.05, 3.63) is 35.9 Å². The number of rotatable bonds is 5. The van der Waals surface area contributed by atoms with Gasteiger partial charge in [0.2, 0.25) is 0 Å². The molecule has 0 unspecified atom stereocenters. The summed E-state index contributed by atoms with van der Waals surface area (Å²) in [5.41, 5.74) is 1.34. The first-order chi connectivity index (χ1) is 7.29. The Kier molecular flexibility index (Phi) is 3.99. The standard InChI is InChI=1S/C12H15IO2/c13-12(9-15-10-12)8-14-7-6-11-4-2-1-3-5-11/h1-5H,6-10H2.